The fraction of sp³-hybridized carbons (Fsp3) is 0.714. The molecule has 0 aromatic carbocycles. The zero-order chi connectivity index (χ0) is 14.2. The molecule has 2 N–H and O–H groups in total. The van der Waals surface area contributed by atoms with Crippen molar-refractivity contribution >= 4 is 23.4 Å². The molecule has 0 amide bonds. The maximum atomic E-state index is 5.83. The molecule has 112 valence electrons. The fourth-order valence-electron chi connectivity index (χ4n) is 2.34. The molecule has 6 heteroatoms. The minimum atomic E-state index is 0.473. The van der Waals surface area contributed by atoms with Gasteiger partial charge in [-0.05, 0) is 26.0 Å². The van der Waals surface area contributed by atoms with Crippen LogP contribution in [0.1, 0.15) is 32.6 Å². The van der Waals surface area contributed by atoms with Gasteiger partial charge in [-0.25, -0.2) is 9.97 Å². The summed E-state index contributed by atoms with van der Waals surface area (Å²) in [5.41, 5.74) is 0. The number of thioether (sulfide) groups is 1. The van der Waals surface area contributed by atoms with Gasteiger partial charge in [0.15, 0.2) is 5.16 Å². The molecular formula is C14H24N4OS. The highest BCUT2D eigenvalue weighted by molar-refractivity contribution is 7.98. The first-order valence-corrected chi connectivity index (χ1v) is 8.56. The molecule has 20 heavy (non-hydrogen) atoms. The molecule has 1 saturated carbocycles. The standard InChI is InChI=1S/C14H24N4OS/c1-3-15-12-10-13(18-14(17-12)20-2)16-8-9-19-11-6-4-5-7-11/h10-11H,3-9H2,1-2H3,(H2,15,16,17,18). The lowest BCUT2D eigenvalue weighted by molar-refractivity contribution is 0.0658. The number of ether oxygens (including phenoxy) is 1. The van der Waals surface area contributed by atoms with E-state index < -0.39 is 0 Å². The van der Waals surface area contributed by atoms with Gasteiger partial charge in [0.2, 0.25) is 0 Å². The van der Waals surface area contributed by atoms with Crippen LogP contribution in [-0.2, 0) is 4.74 Å². The first-order valence-electron chi connectivity index (χ1n) is 7.34. The Balaban J connectivity index is 1.79. The SMILES string of the molecule is CCNc1cc(NCCOC2CCCC2)nc(SC)n1. The Hall–Kier alpha value is -1.01. The molecular weight excluding hydrogens is 272 g/mol. The molecule has 1 aliphatic rings. The van der Waals surface area contributed by atoms with Crippen LogP contribution >= 0.6 is 11.8 Å². The summed E-state index contributed by atoms with van der Waals surface area (Å²) in [4.78, 5) is 8.85. The van der Waals surface area contributed by atoms with Crippen molar-refractivity contribution in [2.24, 2.45) is 0 Å². The van der Waals surface area contributed by atoms with E-state index in [9.17, 15) is 0 Å². The van der Waals surface area contributed by atoms with Gasteiger partial charge in [-0.3, -0.25) is 0 Å². The summed E-state index contributed by atoms with van der Waals surface area (Å²) in [6, 6.07) is 1.94. The number of nitrogens with zero attached hydrogens (tertiary/aromatic N) is 2. The van der Waals surface area contributed by atoms with Crippen LogP contribution in [0, 0.1) is 0 Å². The molecule has 1 fully saturated rings. The summed E-state index contributed by atoms with van der Waals surface area (Å²) in [5, 5.41) is 7.32. The number of rotatable bonds is 8. The van der Waals surface area contributed by atoms with Gasteiger partial charge >= 0.3 is 0 Å². The smallest absolute Gasteiger partial charge is 0.191 e. The van der Waals surface area contributed by atoms with E-state index in [1.54, 1.807) is 11.8 Å². The summed E-state index contributed by atoms with van der Waals surface area (Å²) >= 11 is 1.55. The third-order valence-electron chi connectivity index (χ3n) is 3.31. The van der Waals surface area contributed by atoms with Gasteiger partial charge in [0.05, 0.1) is 12.7 Å². The minimum absolute atomic E-state index is 0.473. The summed E-state index contributed by atoms with van der Waals surface area (Å²) in [6.07, 6.45) is 7.52. The molecule has 0 aliphatic heterocycles. The molecule has 0 atom stereocenters. The average Bonchev–Trinajstić information content (AvgIpc) is 2.97. The predicted octanol–water partition coefficient (Wildman–Crippen LogP) is 3.00. The Bertz CT molecular complexity index is 410. The zero-order valence-corrected chi connectivity index (χ0v) is 13.1. The molecule has 1 aromatic heterocycles. The van der Waals surface area contributed by atoms with Crippen molar-refractivity contribution in [1.82, 2.24) is 9.97 Å². The van der Waals surface area contributed by atoms with Gasteiger partial charge in [0.25, 0.3) is 0 Å². The maximum absolute atomic E-state index is 5.83. The van der Waals surface area contributed by atoms with Crippen LogP contribution in [0.2, 0.25) is 0 Å². The van der Waals surface area contributed by atoms with E-state index in [2.05, 4.69) is 27.5 Å². The monoisotopic (exact) mass is 296 g/mol. The summed E-state index contributed by atoms with van der Waals surface area (Å²) < 4.78 is 5.83. The van der Waals surface area contributed by atoms with Crippen LogP contribution < -0.4 is 10.6 Å². The topological polar surface area (TPSA) is 59.1 Å². The molecule has 0 bridgehead atoms. The van der Waals surface area contributed by atoms with Crippen molar-refractivity contribution in [3.8, 4) is 0 Å². The Morgan fingerprint density at radius 3 is 2.60 bits per heavy atom. The molecule has 1 heterocycles. The molecule has 1 aromatic rings. The van der Waals surface area contributed by atoms with Crippen LogP contribution in [0.5, 0.6) is 0 Å². The van der Waals surface area contributed by atoms with Crippen molar-refractivity contribution in [3.05, 3.63) is 6.07 Å². The molecule has 0 spiro atoms. The van der Waals surface area contributed by atoms with E-state index in [4.69, 9.17) is 4.74 Å². The van der Waals surface area contributed by atoms with Gasteiger partial charge in [0.1, 0.15) is 11.6 Å². The lowest BCUT2D eigenvalue weighted by atomic mass is 10.3. The Kier molecular flexibility index (Phi) is 6.39. The van der Waals surface area contributed by atoms with E-state index >= 15 is 0 Å². The zero-order valence-electron chi connectivity index (χ0n) is 12.3. The number of hydrogen-bond acceptors (Lipinski definition) is 6. The van der Waals surface area contributed by atoms with Gasteiger partial charge in [0, 0.05) is 19.2 Å². The van der Waals surface area contributed by atoms with E-state index in [-0.39, 0.29) is 0 Å². The second kappa shape index (κ2) is 8.32. The third-order valence-corrected chi connectivity index (χ3v) is 3.86. The van der Waals surface area contributed by atoms with Crippen molar-refractivity contribution in [2.45, 2.75) is 43.9 Å². The lowest BCUT2D eigenvalue weighted by Gasteiger charge is -2.12. The second-order valence-electron chi connectivity index (χ2n) is 4.86. The average molecular weight is 296 g/mol. The molecule has 0 saturated heterocycles. The first kappa shape index (κ1) is 15.4. The van der Waals surface area contributed by atoms with Crippen LogP contribution in [0.3, 0.4) is 0 Å². The van der Waals surface area contributed by atoms with Gasteiger partial charge < -0.3 is 15.4 Å². The van der Waals surface area contributed by atoms with Gasteiger partial charge in [-0.2, -0.15) is 0 Å². The molecule has 0 unspecified atom stereocenters. The Morgan fingerprint density at radius 2 is 1.95 bits per heavy atom. The number of anilines is 2. The van der Waals surface area contributed by atoms with Crippen molar-refractivity contribution in [3.63, 3.8) is 0 Å². The molecule has 5 nitrogen and oxygen atoms in total. The first-order chi connectivity index (χ1) is 9.81. The highest BCUT2D eigenvalue weighted by atomic mass is 32.2. The largest absolute Gasteiger partial charge is 0.376 e. The normalized spacial score (nSPS) is 15.5. The van der Waals surface area contributed by atoms with Crippen LogP contribution in [0.4, 0.5) is 11.6 Å². The quantitative estimate of drug-likeness (QED) is 0.437. The third kappa shape index (κ3) is 4.83. The van der Waals surface area contributed by atoms with E-state index in [1.807, 2.05) is 12.3 Å². The second-order valence-corrected chi connectivity index (χ2v) is 5.63. The summed E-state index contributed by atoms with van der Waals surface area (Å²) in [7, 11) is 0. The molecule has 1 aliphatic carbocycles. The van der Waals surface area contributed by atoms with Crippen LogP contribution in [0.15, 0.2) is 11.2 Å². The van der Waals surface area contributed by atoms with Gasteiger partial charge in [-0.1, -0.05) is 24.6 Å². The summed E-state index contributed by atoms with van der Waals surface area (Å²) in [6.45, 7) is 4.44. The van der Waals surface area contributed by atoms with Crippen molar-refractivity contribution < 1.29 is 4.74 Å². The van der Waals surface area contributed by atoms with Crippen LogP contribution in [-0.4, -0.2) is 42.0 Å². The predicted molar refractivity (Wildman–Crippen MR) is 84.7 cm³/mol. The summed E-state index contributed by atoms with van der Waals surface area (Å²) in [5.74, 6) is 1.72. The maximum Gasteiger partial charge on any atom is 0.191 e. The van der Waals surface area contributed by atoms with Gasteiger partial charge in [-0.15, -0.1) is 0 Å². The van der Waals surface area contributed by atoms with Crippen molar-refractivity contribution in [1.29, 1.82) is 0 Å². The van der Waals surface area contributed by atoms with E-state index in [0.29, 0.717) is 6.10 Å². The number of hydrogen-bond donors (Lipinski definition) is 2. The molecule has 0 radical (unpaired) electrons. The number of aromatic nitrogens is 2. The minimum Gasteiger partial charge on any atom is -0.376 e. The van der Waals surface area contributed by atoms with Crippen LogP contribution in [0.25, 0.3) is 0 Å². The highest BCUT2D eigenvalue weighted by Crippen LogP contribution is 2.21. The Labute approximate surface area is 125 Å². The lowest BCUT2D eigenvalue weighted by Crippen LogP contribution is -2.16. The van der Waals surface area contributed by atoms with E-state index in [0.717, 1.165) is 36.5 Å². The van der Waals surface area contributed by atoms with E-state index in [1.165, 1.54) is 25.7 Å². The molecule has 2 rings (SSSR count). The fourth-order valence-corrected chi connectivity index (χ4v) is 2.72. The highest BCUT2D eigenvalue weighted by Gasteiger charge is 2.14. The number of nitrogens with one attached hydrogen (secondary N) is 2. The van der Waals surface area contributed by atoms with Crippen molar-refractivity contribution in [2.75, 3.05) is 36.6 Å². The Morgan fingerprint density at radius 1 is 1.25 bits per heavy atom.